The first kappa shape index (κ1) is 20.8. The van der Waals surface area contributed by atoms with E-state index in [4.69, 9.17) is 0 Å². The van der Waals surface area contributed by atoms with Crippen LogP contribution >= 0.6 is 0 Å². The molecule has 3 heterocycles. The molecule has 1 amide bonds. The molecule has 0 radical (unpaired) electrons. The van der Waals surface area contributed by atoms with Gasteiger partial charge in [0.25, 0.3) is 11.5 Å². The van der Waals surface area contributed by atoms with Crippen molar-refractivity contribution in [3.05, 3.63) is 89.0 Å². The summed E-state index contributed by atoms with van der Waals surface area (Å²) in [4.78, 5) is 47.3. The highest BCUT2D eigenvalue weighted by atomic mass is 16.3. The van der Waals surface area contributed by atoms with Gasteiger partial charge in [0.1, 0.15) is 17.6 Å². The van der Waals surface area contributed by atoms with Gasteiger partial charge >= 0.3 is 0 Å². The van der Waals surface area contributed by atoms with Crippen LogP contribution in [0.1, 0.15) is 29.2 Å². The molecule has 0 spiro atoms. The maximum absolute atomic E-state index is 12.4. The molecule has 1 unspecified atom stereocenters. The molecule has 0 aliphatic carbocycles. The maximum atomic E-state index is 12.4. The number of H-pyrrole nitrogens is 2. The highest BCUT2D eigenvalue weighted by Gasteiger charge is 2.23. The number of benzene rings is 1. The molecule has 0 saturated carbocycles. The van der Waals surface area contributed by atoms with E-state index in [1.165, 1.54) is 48.5 Å². The number of carbonyl (C=O) groups excluding carboxylic acids is 2. The van der Waals surface area contributed by atoms with E-state index in [2.05, 4.69) is 15.0 Å². The van der Waals surface area contributed by atoms with Crippen molar-refractivity contribution in [1.29, 1.82) is 0 Å². The fraction of sp³-hybridized carbons (Fsp3) is 0.0909. The Labute approximate surface area is 181 Å². The van der Waals surface area contributed by atoms with Crippen molar-refractivity contribution in [2.75, 3.05) is 4.90 Å². The number of amides is 1. The zero-order chi connectivity index (χ0) is 22.8. The van der Waals surface area contributed by atoms with Crippen molar-refractivity contribution < 1.29 is 19.8 Å². The van der Waals surface area contributed by atoms with Gasteiger partial charge < -0.3 is 20.2 Å². The second-order valence-corrected chi connectivity index (χ2v) is 7.01. The third-order valence-electron chi connectivity index (χ3n) is 4.89. The summed E-state index contributed by atoms with van der Waals surface area (Å²) in [6.07, 6.45) is 4.20. The molecule has 0 fully saturated rings. The predicted molar refractivity (Wildman–Crippen MR) is 115 cm³/mol. The highest BCUT2D eigenvalue weighted by Crippen LogP contribution is 2.28. The molecule has 10 heteroatoms. The van der Waals surface area contributed by atoms with Crippen LogP contribution in [-0.4, -0.2) is 41.5 Å². The zero-order valence-corrected chi connectivity index (χ0v) is 16.9. The molecule has 4 aromatic rings. The smallest absolute Gasteiger partial charge is 0.268 e. The van der Waals surface area contributed by atoms with E-state index < -0.39 is 23.6 Å². The fourth-order valence-corrected chi connectivity index (χ4v) is 3.31. The van der Waals surface area contributed by atoms with E-state index in [0.29, 0.717) is 16.9 Å². The van der Waals surface area contributed by atoms with Gasteiger partial charge in [-0.15, -0.1) is 0 Å². The van der Waals surface area contributed by atoms with Crippen LogP contribution in [0, 0.1) is 0 Å². The Hall–Kier alpha value is -4.44. The number of aromatic amines is 2. The van der Waals surface area contributed by atoms with Crippen molar-refractivity contribution in [2.45, 2.75) is 13.2 Å². The van der Waals surface area contributed by atoms with Crippen LogP contribution in [0.4, 0.5) is 5.69 Å². The normalized spacial score (nSPS) is 11.8. The van der Waals surface area contributed by atoms with Crippen LogP contribution in [0.3, 0.4) is 0 Å². The van der Waals surface area contributed by atoms with E-state index in [9.17, 15) is 24.6 Å². The van der Waals surface area contributed by atoms with Gasteiger partial charge in [-0.05, 0) is 29.8 Å². The van der Waals surface area contributed by atoms with E-state index in [0.717, 1.165) is 4.90 Å². The minimum Gasteiger partial charge on any atom is -0.506 e. The first-order chi connectivity index (χ1) is 15.3. The van der Waals surface area contributed by atoms with E-state index in [1.807, 2.05) is 0 Å². The van der Waals surface area contributed by atoms with Crippen molar-refractivity contribution >= 4 is 17.5 Å². The monoisotopic (exact) mass is 433 g/mol. The third kappa shape index (κ3) is 3.94. The molecule has 0 saturated heterocycles. The summed E-state index contributed by atoms with van der Waals surface area (Å²) in [6.45, 7) is 1.31. The van der Waals surface area contributed by atoms with Crippen LogP contribution in [0.5, 0.6) is 5.75 Å². The molecule has 162 valence electrons. The van der Waals surface area contributed by atoms with Gasteiger partial charge in [-0.25, -0.2) is 4.98 Å². The zero-order valence-electron chi connectivity index (χ0n) is 16.9. The molecule has 4 rings (SSSR count). The number of rotatable bonds is 5. The Morgan fingerprint density at radius 3 is 2.47 bits per heavy atom. The number of carbonyl (C=O) groups is 2. The Morgan fingerprint density at radius 1 is 1.16 bits per heavy atom. The summed E-state index contributed by atoms with van der Waals surface area (Å²) < 4.78 is 1.21. The topological polar surface area (TPSA) is 144 Å². The van der Waals surface area contributed by atoms with Crippen molar-refractivity contribution in [3.8, 4) is 17.0 Å². The summed E-state index contributed by atoms with van der Waals surface area (Å²) in [5.41, 5.74) is 1.22. The number of aromatic hydroxyl groups is 1. The van der Waals surface area contributed by atoms with E-state index in [-0.39, 0.29) is 17.0 Å². The summed E-state index contributed by atoms with van der Waals surface area (Å²) in [6, 6.07) is 11.0. The molecule has 3 aromatic heterocycles. The van der Waals surface area contributed by atoms with Crippen LogP contribution in [0.25, 0.3) is 11.3 Å². The molecule has 0 aliphatic rings. The number of hydrogen-bond acceptors (Lipinski definition) is 6. The molecule has 4 N–H and O–H groups in total. The molecule has 0 aliphatic heterocycles. The highest BCUT2D eigenvalue weighted by molar-refractivity contribution is 5.95. The van der Waals surface area contributed by atoms with Gasteiger partial charge in [0, 0.05) is 43.0 Å². The van der Waals surface area contributed by atoms with Crippen LogP contribution in [-0.2, 0) is 4.79 Å². The number of nitrogens with one attached hydrogen (secondary N) is 2. The number of anilines is 1. The second-order valence-electron chi connectivity index (χ2n) is 7.01. The van der Waals surface area contributed by atoms with Crippen LogP contribution < -0.4 is 10.5 Å². The van der Waals surface area contributed by atoms with Crippen molar-refractivity contribution in [1.82, 2.24) is 19.5 Å². The Balaban J connectivity index is 1.60. The summed E-state index contributed by atoms with van der Waals surface area (Å²) in [5, 5.41) is 20.1. The van der Waals surface area contributed by atoms with E-state index >= 15 is 0 Å². The van der Waals surface area contributed by atoms with Gasteiger partial charge in [0.15, 0.2) is 6.23 Å². The maximum Gasteiger partial charge on any atom is 0.268 e. The number of imidazole rings is 1. The number of aromatic nitrogens is 4. The number of nitrogens with zero attached hydrogens (tertiary/aromatic N) is 3. The van der Waals surface area contributed by atoms with Crippen molar-refractivity contribution in [2.24, 2.45) is 0 Å². The summed E-state index contributed by atoms with van der Waals surface area (Å²) in [7, 11) is 0. The van der Waals surface area contributed by atoms with Gasteiger partial charge in [0.05, 0.1) is 5.69 Å². The molecule has 1 atom stereocenters. The van der Waals surface area contributed by atoms with Gasteiger partial charge in [-0.2, -0.15) is 0 Å². The lowest BCUT2D eigenvalue weighted by Gasteiger charge is -2.26. The number of aliphatic hydroxyl groups excluding tert-OH is 1. The van der Waals surface area contributed by atoms with Gasteiger partial charge in [0.2, 0.25) is 5.91 Å². The Bertz CT molecular complexity index is 1320. The second kappa shape index (κ2) is 8.36. The largest absolute Gasteiger partial charge is 0.506 e. The number of pyridine rings is 1. The average Bonchev–Trinajstić information content (AvgIpc) is 3.45. The third-order valence-corrected chi connectivity index (χ3v) is 4.89. The lowest BCUT2D eigenvalue weighted by atomic mass is 10.1. The lowest BCUT2D eigenvalue weighted by molar-refractivity contribution is -0.118. The van der Waals surface area contributed by atoms with Gasteiger partial charge in [-0.1, -0.05) is 12.1 Å². The first-order valence-corrected chi connectivity index (χ1v) is 9.56. The minimum atomic E-state index is -1.33. The molecular formula is C22H19N5O5. The van der Waals surface area contributed by atoms with Crippen LogP contribution in [0.2, 0.25) is 0 Å². The molecule has 32 heavy (non-hydrogen) atoms. The van der Waals surface area contributed by atoms with Crippen molar-refractivity contribution in [3.63, 3.8) is 0 Å². The number of hydrogen-bond donors (Lipinski definition) is 4. The molecule has 0 bridgehead atoms. The first-order valence-electron chi connectivity index (χ1n) is 9.56. The fourth-order valence-electron chi connectivity index (χ4n) is 3.31. The lowest BCUT2D eigenvalue weighted by Crippen LogP contribution is -2.33. The molecule has 1 aromatic carbocycles. The standard InChI is InChI=1S/C22H19N5O5/c1-13(28)27(22(32)19-10-16(29)11-24-19)15-4-2-14(3-5-15)18-7-6-17(20(30)25-18)21(31)26-9-8-23-12-26/h2-12,22,24,29,32H,1H3,(H,25,30). The Kier molecular flexibility index (Phi) is 5.44. The Morgan fingerprint density at radius 2 is 1.91 bits per heavy atom. The molecule has 10 nitrogen and oxygen atoms in total. The van der Waals surface area contributed by atoms with E-state index in [1.54, 1.807) is 30.3 Å². The van der Waals surface area contributed by atoms with Crippen LogP contribution in [0.15, 0.2) is 72.2 Å². The summed E-state index contributed by atoms with van der Waals surface area (Å²) in [5.74, 6) is -0.959. The quantitative estimate of drug-likeness (QED) is 0.354. The molecular weight excluding hydrogens is 414 g/mol. The SMILES string of the molecule is CC(=O)N(c1ccc(-c2ccc(C(=O)n3ccnc3)c(=O)[nH]2)cc1)C(O)c1cc(O)c[nH]1. The van der Waals surface area contributed by atoms with Gasteiger partial charge in [-0.3, -0.25) is 23.9 Å². The average molecular weight is 433 g/mol. The minimum absolute atomic E-state index is 0.0246. The summed E-state index contributed by atoms with van der Waals surface area (Å²) >= 11 is 0. The predicted octanol–water partition coefficient (Wildman–Crippen LogP) is 2.00. The number of aliphatic hydroxyl groups is 1.